The van der Waals surface area contributed by atoms with E-state index in [9.17, 15) is 18.0 Å². The maximum atomic E-state index is 13.5. The molecule has 0 unspecified atom stereocenters. The Hall–Kier alpha value is -2.84. The van der Waals surface area contributed by atoms with Crippen LogP contribution in [0.1, 0.15) is 17.5 Å². The number of halogens is 3. The highest BCUT2D eigenvalue weighted by Crippen LogP contribution is 2.26. The van der Waals surface area contributed by atoms with Crippen LogP contribution >= 0.6 is 0 Å². The molecule has 178 valence electrons. The van der Waals surface area contributed by atoms with Crippen LogP contribution in [0.5, 0.6) is 5.75 Å². The molecule has 1 heterocycles. The van der Waals surface area contributed by atoms with Crippen molar-refractivity contribution in [3.05, 3.63) is 65.7 Å². The normalized spacial score (nSPS) is 15.5. The van der Waals surface area contributed by atoms with Crippen molar-refractivity contribution in [3.8, 4) is 5.75 Å². The van der Waals surface area contributed by atoms with E-state index >= 15 is 0 Å². The van der Waals surface area contributed by atoms with Crippen LogP contribution in [0, 0.1) is 0 Å². The molecule has 0 radical (unpaired) electrons. The molecular formula is C25H29F3N2O3. The van der Waals surface area contributed by atoms with Gasteiger partial charge in [0.25, 0.3) is 5.91 Å². The van der Waals surface area contributed by atoms with E-state index in [1.54, 1.807) is 7.11 Å². The quantitative estimate of drug-likeness (QED) is 0.316. The SMILES string of the molecule is COc1ccccc1/C=C(/C(=O)N1CCN(CCCOCC(F)(F)F)CC1)c1ccccc1. The number of hydrogen-bond acceptors (Lipinski definition) is 4. The summed E-state index contributed by atoms with van der Waals surface area (Å²) in [6.07, 6.45) is -1.91. The van der Waals surface area contributed by atoms with Gasteiger partial charge in [0.15, 0.2) is 0 Å². The third-order valence-electron chi connectivity index (χ3n) is 5.44. The molecule has 8 heteroatoms. The molecule has 0 atom stereocenters. The first kappa shape index (κ1) is 24.8. The molecule has 0 spiro atoms. The number of rotatable bonds is 9. The van der Waals surface area contributed by atoms with Crippen molar-refractivity contribution in [2.24, 2.45) is 0 Å². The lowest BCUT2D eigenvalue weighted by Crippen LogP contribution is -2.49. The lowest BCUT2D eigenvalue weighted by atomic mass is 10.0. The topological polar surface area (TPSA) is 42.0 Å². The Morgan fingerprint density at radius 2 is 1.67 bits per heavy atom. The minimum absolute atomic E-state index is 0.0553. The van der Waals surface area contributed by atoms with E-state index in [4.69, 9.17) is 4.74 Å². The average molecular weight is 463 g/mol. The maximum Gasteiger partial charge on any atom is 0.411 e. The third-order valence-corrected chi connectivity index (χ3v) is 5.44. The molecule has 2 aromatic carbocycles. The van der Waals surface area contributed by atoms with Crippen LogP contribution in [-0.2, 0) is 9.53 Å². The number of carbonyl (C=O) groups excluding carboxylic acids is 1. The van der Waals surface area contributed by atoms with Gasteiger partial charge < -0.3 is 14.4 Å². The molecule has 2 aromatic rings. The van der Waals surface area contributed by atoms with Gasteiger partial charge in [0.1, 0.15) is 12.4 Å². The predicted octanol–water partition coefficient (Wildman–Crippen LogP) is 4.35. The van der Waals surface area contributed by atoms with Crippen LogP contribution in [0.15, 0.2) is 54.6 Å². The van der Waals surface area contributed by atoms with Crippen LogP contribution in [0.4, 0.5) is 13.2 Å². The fourth-order valence-electron chi connectivity index (χ4n) is 3.75. The fraction of sp³-hybridized carbons (Fsp3) is 0.400. The monoisotopic (exact) mass is 462 g/mol. The molecule has 0 aromatic heterocycles. The van der Waals surface area contributed by atoms with E-state index in [0.717, 1.165) is 11.1 Å². The highest BCUT2D eigenvalue weighted by Gasteiger charge is 2.27. The highest BCUT2D eigenvalue weighted by molar-refractivity contribution is 6.24. The van der Waals surface area contributed by atoms with Gasteiger partial charge in [0.2, 0.25) is 0 Å². The summed E-state index contributed by atoms with van der Waals surface area (Å²) >= 11 is 0. The minimum atomic E-state index is -4.29. The number of alkyl halides is 3. The van der Waals surface area contributed by atoms with Crippen molar-refractivity contribution in [3.63, 3.8) is 0 Å². The lowest BCUT2D eigenvalue weighted by molar-refractivity contribution is -0.174. The summed E-state index contributed by atoms with van der Waals surface area (Å²) in [7, 11) is 1.60. The number of carbonyl (C=O) groups is 1. The Kier molecular flexibility index (Phi) is 8.91. The Bertz CT molecular complexity index is 924. The summed E-state index contributed by atoms with van der Waals surface area (Å²) in [4.78, 5) is 17.4. The molecule has 1 amide bonds. The number of benzene rings is 2. The van der Waals surface area contributed by atoms with E-state index in [-0.39, 0.29) is 12.5 Å². The summed E-state index contributed by atoms with van der Waals surface area (Å²) in [5.41, 5.74) is 2.25. The van der Waals surface area contributed by atoms with E-state index in [2.05, 4.69) is 9.64 Å². The lowest BCUT2D eigenvalue weighted by Gasteiger charge is -2.35. The zero-order valence-corrected chi connectivity index (χ0v) is 18.7. The first-order chi connectivity index (χ1) is 15.9. The Morgan fingerprint density at radius 1 is 1.00 bits per heavy atom. The van der Waals surface area contributed by atoms with E-state index in [1.165, 1.54) is 0 Å². The van der Waals surface area contributed by atoms with Gasteiger partial charge in [-0.1, -0.05) is 48.5 Å². The summed E-state index contributed by atoms with van der Waals surface area (Å²) in [6.45, 7) is 1.94. The minimum Gasteiger partial charge on any atom is -0.496 e. The van der Waals surface area contributed by atoms with Crippen molar-refractivity contribution in [1.29, 1.82) is 0 Å². The molecular weight excluding hydrogens is 433 g/mol. The molecule has 5 nitrogen and oxygen atoms in total. The molecule has 0 N–H and O–H groups in total. The van der Waals surface area contributed by atoms with Gasteiger partial charge in [-0.3, -0.25) is 9.69 Å². The van der Waals surface area contributed by atoms with Gasteiger partial charge in [-0.25, -0.2) is 0 Å². The molecule has 0 saturated carbocycles. The number of hydrogen-bond donors (Lipinski definition) is 0. The number of ether oxygens (including phenoxy) is 2. The molecule has 33 heavy (non-hydrogen) atoms. The molecule has 0 bridgehead atoms. The largest absolute Gasteiger partial charge is 0.496 e. The van der Waals surface area contributed by atoms with Crippen LogP contribution < -0.4 is 4.74 Å². The molecule has 1 aliphatic rings. The second-order valence-corrected chi connectivity index (χ2v) is 7.82. The summed E-state index contributed by atoms with van der Waals surface area (Å²) in [5, 5.41) is 0. The zero-order valence-electron chi connectivity index (χ0n) is 18.7. The number of amides is 1. The fourth-order valence-corrected chi connectivity index (χ4v) is 3.75. The van der Waals surface area contributed by atoms with Gasteiger partial charge in [-0.05, 0) is 24.1 Å². The Morgan fingerprint density at radius 3 is 2.33 bits per heavy atom. The first-order valence-corrected chi connectivity index (χ1v) is 10.9. The predicted molar refractivity (Wildman–Crippen MR) is 122 cm³/mol. The van der Waals surface area contributed by atoms with Crippen LogP contribution in [0.25, 0.3) is 11.6 Å². The molecule has 0 aliphatic carbocycles. The average Bonchev–Trinajstić information content (AvgIpc) is 2.82. The van der Waals surface area contributed by atoms with Crippen molar-refractivity contribution < 1.29 is 27.4 Å². The molecule has 1 fully saturated rings. The molecule has 3 rings (SSSR count). The van der Waals surface area contributed by atoms with Gasteiger partial charge in [-0.2, -0.15) is 13.2 Å². The third kappa shape index (κ3) is 7.61. The Labute approximate surface area is 192 Å². The number of methoxy groups -OCH3 is 1. The van der Waals surface area contributed by atoms with Crippen LogP contribution in [-0.4, -0.2) is 74.9 Å². The second-order valence-electron chi connectivity index (χ2n) is 7.82. The van der Waals surface area contributed by atoms with Gasteiger partial charge in [-0.15, -0.1) is 0 Å². The molecule has 1 aliphatic heterocycles. The number of piperazine rings is 1. The van der Waals surface area contributed by atoms with Gasteiger partial charge in [0.05, 0.1) is 7.11 Å². The van der Waals surface area contributed by atoms with E-state index < -0.39 is 12.8 Å². The standard InChI is InChI=1S/C25H29F3N2O3/c1-32-23-11-6-5-10-21(23)18-22(20-8-3-2-4-9-20)24(31)30-15-13-29(14-16-30)12-7-17-33-19-25(26,27)28/h2-6,8-11,18H,7,12-17,19H2,1H3/b22-18+. The first-order valence-electron chi connectivity index (χ1n) is 10.9. The second kappa shape index (κ2) is 11.9. The smallest absolute Gasteiger partial charge is 0.411 e. The van der Waals surface area contributed by atoms with Crippen molar-refractivity contribution >= 4 is 17.6 Å². The highest BCUT2D eigenvalue weighted by atomic mass is 19.4. The van der Waals surface area contributed by atoms with Crippen molar-refractivity contribution in [2.75, 3.05) is 53.0 Å². The van der Waals surface area contributed by atoms with Gasteiger partial charge in [0, 0.05) is 50.5 Å². The van der Waals surface area contributed by atoms with E-state index in [1.807, 2.05) is 65.6 Å². The zero-order chi connectivity index (χ0) is 23.7. The maximum absolute atomic E-state index is 13.5. The van der Waals surface area contributed by atoms with E-state index in [0.29, 0.717) is 50.5 Å². The van der Waals surface area contributed by atoms with Crippen molar-refractivity contribution in [1.82, 2.24) is 9.80 Å². The summed E-state index contributed by atoms with van der Waals surface area (Å²) in [6, 6.07) is 17.1. The number of nitrogens with zero attached hydrogens (tertiary/aromatic N) is 2. The van der Waals surface area contributed by atoms with Gasteiger partial charge >= 0.3 is 6.18 Å². The number of para-hydroxylation sites is 1. The van der Waals surface area contributed by atoms with Crippen molar-refractivity contribution in [2.45, 2.75) is 12.6 Å². The van der Waals surface area contributed by atoms with Crippen LogP contribution in [0.2, 0.25) is 0 Å². The summed E-state index contributed by atoms with van der Waals surface area (Å²) in [5.74, 6) is 0.636. The summed E-state index contributed by atoms with van der Waals surface area (Å²) < 4.78 is 46.5. The Balaban J connectivity index is 1.62. The molecule has 1 saturated heterocycles. The van der Waals surface area contributed by atoms with Crippen LogP contribution in [0.3, 0.4) is 0 Å².